The molecule has 1 heterocycles. The van der Waals surface area contributed by atoms with Crippen molar-refractivity contribution in [3.8, 4) is 5.75 Å². The minimum Gasteiger partial charge on any atom is -0.508 e. The summed E-state index contributed by atoms with van der Waals surface area (Å²) in [6.07, 6.45) is 0.337. The zero-order valence-corrected chi connectivity index (χ0v) is 38.6. The molecule has 67 heavy (non-hydrogen) atoms. The summed E-state index contributed by atoms with van der Waals surface area (Å²) in [6, 6.07) is 5.23. The van der Waals surface area contributed by atoms with Crippen molar-refractivity contribution < 1.29 is 53.4 Å². The van der Waals surface area contributed by atoms with Gasteiger partial charge in [-0.1, -0.05) is 70.2 Å². The SMILES string of the molecule is CC(C)C[C@@H]1NC(=O)[C@@H](C(C)C)NC(=O)[C@H](CCC(N)=O)NC(=O)[C@@H](CO)NC(=O)[C@H](Cc2ccc(O)cc2)NCC(=O)CNC(=O)[C@H](CCCCN)NC(=O)[C@@H](Cc2ccccc2)NC1=O. The van der Waals surface area contributed by atoms with E-state index in [-0.39, 0.29) is 50.2 Å². The van der Waals surface area contributed by atoms with Crippen LogP contribution in [-0.2, 0) is 56.0 Å². The second kappa shape index (κ2) is 27.9. The van der Waals surface area contributed by atoms with Crippen LogP contribution in [0.15, 0.2) is 54.6 Å². The first-order chi connectivity index (χ1) is 31.8. The molecule has 3 rings (SSSR count). The van der Waals surface area contributed by atoms with Gasteiger partial charge in [0.1, 0.15) is 42.0 Å². The van der Waals surface area contributed by atoms with Gasteiger partial charge >= 0.3 is 0 Å². The summed E-state index contributed by atoms with van der Waals surface area (Å²) < 4.78 is 0. The second-order valence-electron chi connectivity index (χ2n) is 17.4. The third-order valence-electron chi connectivity index (χ3n) is 10.9. The number of nitrogens with two attached hydrogens (primary N) is 2. The van der Waals surface area contributed by atoms with Gasteiger partial charge in [-0.3, -0.25) is 48.5 Å². The molecule has 2 aromatic carbocycles. The van der Waals surface area contributed by atoms with Crippen molar-refractivity contribution >= 4 is 53.0 Å². The van der Waals surface area contributed by atoms with Gasteiger partial charge in [0.15, 0.2) is 5.78 Å². The molecule has 0 spiro atoms. The molecule has 1 saturated heterocycles. The highest BCUT2D eigenvalue weighted by atomic mass is 16.3. The smallest absolute Gasteiger partial charge is 0.245 e. The molecular weight excluding hydrogens is 869 g/mol. The number of phenolic OH excluding ortho intramolecular Hbond substituents is 1. The van der Waals surface area contributed by atoms with E-state index in [4.69, 9.17) is 11.5 Å². The van der Waals surface area contributed by atoms with Crippen molar-refractivity contribution in [1.29, 1.82) is 0 Å². The Hall–Kier alpha value is -6.45. The van der Waals surface area contributed by atoms with E-state index in [9.17, 15) is 53.4 Å². The lowest BCUT2D eigenvalue weighted by atomic mass is 9.98. The highest BCUT2D eigenvalue weighted by Gasteiger charge is 2.35. The van der Waals surface area contributed by atoms with Crippen molar-refractivity contribution in [1.82, 2.24) is 42.5 Å². The summed E-state index contributed by atoms with van der Waals surface area (Å²) in [7, 11) is 0. The number of Topliss-reactive ketones (excluding diaryl/α,β-unsaturated/α-hetero) is 1. The maximum Gasteiger partial charge on any atom is 0.245 e. The Bertz CT molecular complexity index is 2000. The summed E-state index contributed by atoms with van der Waals surface area (Å²) in [5, 5.41) is 41.1. The summed E-state index contributed by atoms with van der Waals surface area (Å²) in [5.74, 6) is -7.96. The van der Waals surface area contributed by atoms with Crippen LogP contribution in [0, 0.1) is 11.8 Å². The standard InChI is InChI=1S/C46H68N10O11/c1-26(2)20-35-43(64)53-36(22-28-10-6-5-7-11-28)44(65)51-32(12-8-9-19-47)40(61)50-24-31(59)23-49-34(21-29-13-15-30(58)16-14-29)42(63)55-37(25-57)45(66)52-33(17-18-38(48)60)41(62)56-39(27(3)4)46(67)54-35/h5-7,10-11,13-16,26-27,32-37,39,49,57-58H,8-9,12,17-25,47H2,1-4H3,(H2,48,60)(H,50,61)(H,51,65)(H,52,66)(H,53,64)(H,54,67)(H,55,63)(H,56,62)/t32-,33-,34-,35-,36+,37+,39+/m0/s1. The van der Waals surface area contributed by atoms with E-state index in [1.807, 2.05) is 13.8 Å². The molecule has 1 fully saturated rings. The Kier molecular flexibility index (Phi) is 22.8. The predicted molar refractivity (Wildman–Crippen MR) is 246 cm³/mol. The fourth-order valence-corrected chi connectivity index (χ4v) is 7.15. The molecule has 7 atom stereocenters. The minimum atomic E-state index is -1.67. The van der Waals surface area contributed by atoms with Gasteiger partial charge in [-0.05, 0) is 80.2 Å². The van der Waals surface area contributed by atoms with Crippen LogP contribution in [0.2, 0.25) is 0 Å². The first kappa shape index (κ1) is 54.9. The minimum absolute atomic E-state index is 0.0127. The molecule has 0 aromatic heterocycles. The highest BCUT2D eigenvalue weighted by molar-refractivity contribution is 5.98. The summed E-state index contributed by atoms with van der Waals surface area (Å²) in [6.45, 7) is 5.24. The average Bonchev–Trinajstić information content (AvgIpc) is 3.28. The van der Waals surface area contributed by atoms with Crippen molar-refractivity contribution in [3.63, 3.8) is 0 Å². The highest BCUT2D eigenvalue weighted by Crippen LogP contribution is 2.14. The number of phenols is 1. The normalized spacial score (nSPS) is 23.7. The molecule has 14 N–H and O–H groups in total. The third kappa shape index (κ3) is 19.1. The Morgan fingerprint density at radius 2 is 1.13 bits per heavy atom. The van der Waals surface area contributed by atoms with Crippen LogP contribution >= 0.6 is 0 Å². The molecule has 21 heteroatoms. The van der Waals surface area contributed by atoms with Crippen LogP contribution < -0.4 is 54.0 Å². The predicted octanol–water partition coefficient (Wildman–Crippen LogP) is -2.17. The van der Waals surface area contributed by atoms with E-state index in [0.717, 1.165) is 0 Å². The number of benzene rings is 2. The number of nitrogens with one attached hydrogen (secondary N) is 8. The molecular formula is C46H68N10O11. The summed E-state index contributed by atoms with van der Waals surface area (Å²) >= 11 is 0. The van der Waals surface area contributed by atoms with Gasteiger partial charge in [0.25, 0.3) is 0 Å². The average molecular weight is 937 g/mol. The van der Waals surface area contributed by atoms with Crippen LogP contribution in [0.1, 0.15) is 77.3 Å². The van der Waals surface area contributed by atoms with Gasteiger partial charge < -0.3 is 58.9 Å². The number of primary amides is 1. The summed E-state index contributed by atoms with van der Waals surface area (Å²) in [4.78, 5) is 123. The van der Waals surface area contributed by atoms with Crippen LogP contribution in [0.4, 0.5) is 0 Å². The largest absolute Gasteiger partial charge is 0.508 e. The molecule has 1 aliphatic heterocycles. The van der Waals surface area contributed by atoms with Crippen LogP contribution in [-0.4, -0.2) is 132 Å². The lowest BCUT2D eigenvalue weighted by Crippen LogP contribution is -2.61. The van der Waals surface area contributed by atoms with Crippen molar-refractivity contribution in [2.75, 3.05) is 26.2 Å². The van der Waals surface area contributed by atoms with Crippen LogP contribution in [0.25, 0.3) is 0 Å². The Labute approximate surface area is 390 Å². The van der Waals surface area contributed by atoms with Crippen molar-refractivity contribution in [2.45, 2.75) is 121 Å². The number of hydrogen-bond donors (Lipinski definition) is 12. The molecule has 0 radical (unpaired) electrons. The topological polar surface area (TPSA) is 342 Å². The van der Waals surface area contributed by atoms with Crippen molar-refractivity contribution in [3.05, 3.63) is 65.7 Å². The fraction of sp³-hybridized carbons (Fsp3) is 0.543. The molecule has 8 amide bonds. The van der Waals surface area contributed by atoms with Gasteiger partial charge in [-0.25, -0.2) is 0 Å². The van der Waals surface area contributed by atoms with Crippen LogP contribution in [0.5, 0.6) is 5.75 Å². The monoisotopic (exact) mass is 937 g/mol. The molecule has 368 valence electrons. The quantitative estimate of drug-likeness (QED) is 0.0848. The van der Waals surface area contributed by atoms with E-state index in [2.05, 4.69) is 42.5 Å². The van der Waals surface area contributed by atoms with E-state index < -0.39 is 121 Å². The number of carbonyl (C=O) groups is 9. The van der Waals surface area contributed by atoms with Gasteiger partial charge in [0.05, 0.1) is 25.7 Å². The maximum atomic E-state index is 14.2. The van der Waals surface area contributed by atoms with E-state index in [1.54, 1.807) is 44.2 Å². The lowest BCUT2D eigenvalue weighted by Gasteiger charge is -2.29. The van der Waals surface area contributed by atoms with E-state index in [1.165, 1.54) is 24.3 Å². The van der Waals surface area contributed by atoms with Gasteiger partial charge in [0.2, 0.25) is 47.3 Å². The maximum absolute atomic E-state index is 14.2. The van der Waals surface area contributed by atoms with E-state index >= 15 is 0 Å². The lowest BCUT2D eigenvalue weighted by molar-refractivity contribution is -0.136. The Morgan fingerprint density at radius 1 is 0.612 bits per heavy atom. The van der Waals surface area contributed by atoms with Gasteiger partial charge in [-0.2, -0.15) is 0 Å². The second-order valence-corrected chi connectivity index (χ2v) is 17.4. The molecule has 2 aromatic rings. The number of rotatable bonds is 15. The van der Waals surface area contributed by atoms with E-state index in [0.29, 0.717) is 30.5 Å². The number of amides is 8. The van der Waals surface area contributed by atoms with Crippen molar-refractivity contribution in [2.24, 2.45) is 23.3 Å². The zero-order chi connectivity index (χ0) is 49.6. The molecule has 0 aliphatic carbocycles. The zero-order valence-electron chi connectivity index (χ0n) is 38.6. The fourth-order valence-electron chi connectivity index (χ4n) is 7.15. The first-order valence-electron chi connectivity index (χ1n) is 22.6. The van der Waals surface area contributed by atoms with Gasteiger partial charge in [-0.15, -0.1) is 0 Å². The Balaban J connectivity index is 2.10. The number of unbranched alkanes of at least 4 members (excludes halogenated alkanes) is 1. The molecule has 0 unspecified atom stereocenters. The first-order valence-corrected chi connectivity index (χ1v) is 22.6. The molecule has 21 nitrogen and oxygen atoms in total. The molecule has 0 bridgehead atoms. The number of aliphatic hydroxyl groups is 1. The molecule has 0 saturated carbocycles. The Morgan fingerprint density at radius 3 is 1.73 bits per heavy atom. The third-order valence-corrected chi connectivity index (χ3v) is 10.9. The summed E-state index contributed by atoms with van der Waals surface area (Å²) in [5.41, 5.74) is 12.3. The number of aliphatic hydroxyl groups excluding tert-OH is 1. The van der Waals surface area contributed by atoms with Crippen LogP contribution in [0.3, 0.4) is 0 Å². The number of ketones is 1. The number of carbonyl (C=O) groups excluding carboxylic acids is 9. The van der Waals surface area contributed by atoms with Gasteiger partial charge in [0, 0.05) is 12.8 Å². The number of aromatic hydroxyl groups is 1. The molecule has 1 aliphatic rings. The number of hydrogen-bond acceptors (Lipinski definition) is 13.